The van der Waals surface area contributed by atoms with E-state index in [1.165, 1.54) is 6.33 Å². The predicted octanol–water partition coefficient (Wildman–Crippen LogP) is 2.79. The molecule has 0 aliphatic carbocycles. The van der Waals surface area contributed by atoms with Crippen molar-refractivity contribution in [3.63, 3.8) is 0 Å². The number of hydrogen-bond acceptors (Lipinski definition) is 4. The summed E-state index contributed by atoms with van der Waals surface area (Å²) in [5, 5.41) is 0.599. The maximum Gasteiger partial charge on any atom is 0.253 e. The van der Waals surface area contributed by atoms with E-state index in [9.17, 15) is 9.18 Å². The molecule has 1 aromatic carbocycles. The summed E-state index contributed by atoms with van der Waals surface area (Å²) < 4.78 is 14.4. The number of benzene rings is 1. The van der Waals surface area contributed by atoms with Crippen molar-refractivity contribution in [3.05, 3.63) is 52.7 Å². The zero-order chi connectivity index (χ0) is 17.1. The van der Waals surface area contributed by atoms with Crippen molar-refractivity contribution in [2.45, 2.75) is 13.3 Å². The molecule has 1 aliphatic rings. The highest BCUT2D eigenvalue weighted by Gasteiger charge is 2.25. The van der Waals surface area contributed by atoms with Gasteiger partial charge in [0.05, 0.1) is 5.69 Å². The number of nitrogens with zero attached hydrogens (tertiary/aromatic N) is 4. The maximum absolute atomic E-state index is 14.4. The fourth-order valence-corrected chi connectivity index (χ4v) is 2.88. The van der Waals surface area contributed by atoms with E-state index in [1.54, 1.807) is 29.2 Å². The predicted molar refractivity (Wildman–Crippen MR) is 90.9 cm³/mol. The van der Waals surface area contributed by atoms with Crippen molar-refractivity contribution in [3.8, 4) is 0 Å². The van der Waals surface area contributed by atoms with Gasteiger partial charge in [-0.25, -0.2) is 14.4 Å². The third kappa shape index (κ3) is 3.33. The minimum absolute atomic E-state index is 0.0382. The van der Waals surface area contributed by atoms with Gasteiger partial charge in [-0.2, -0.15) is 0 Å². The molecule has 0 spiro atoms. The summed E-state index contributed by atoms with van der Waals surface area (Å²) in [6.07, 6.45) is 1.92. The molecule has 2 heterocycles. The molecule has 0 unspecified atom stereocenters. The lowest BCUT2D eigenvalue weighted by Gasteiger charge is -2.35. The highest BCUT2D eigenvalue weighted by atomic mass is 35.5. The zero-order valence-corrected chi connectivity index (χ0v) is 14.1. The molecule has 126 valence electrons. The summed E-state index contributed by atoms with van der Waals surface area (Å²) in [4.78, 5) is 24.1. The normalized spacial score (nSPS) is 14.8. The number of carbonyl (C=O) groups is 1. The lowest BCUT2D eigenvalue weighted by Crippen LogP contribution is -2.49. The Hall–Kier alpha value is -2.21. The number of hydrogen-bond donors (Lipinski definition) is 0. The lowest BCUT2D eigenvalue weighted by molar-refractivity contribution is 0.0746. The minimum atomic E-state index is -0.363. The van der Waals surface area contributed by atoms with Gasteiger partial charge in [0.15, 0.2) is 11.6 Å². The van der Waals surface area contributed by atoms with Crippen LogP contribution in [0.25, 0.3) is 0 Å². The Morgan fingerprint density at radius 1 is 1.17 bits per heavy atom. The smallest absolute Gasteiger partial charge is 0.253 e. The number of carbonyl (C=O) groups excluding carboxylic acids is 1. The Balaban J connectivity index is 1.68. The number of aryl methyl sites for hydroxylation is 1. The standard InChI is InChI=1S/C17H18ClFN4O/c1-2-14-15(19)16(21-11-20-14)22-7-9-23(10-8-22)17(24)12-3-5-13(18)6-4-12/h3-6,11H,2,7-10H2,1H3. The van der Waals surface area contributed by atoms with Gasteiger partial charge in [0.25, 0.3) is 5.91 Å². The molecular weight excluding hydrogens is 331 g/mol. The van der Waals surface area contributed by atoms with Crippen LogP contribution < -0.4 is 4.90 Å². The first-order chi connectivity index (χ1) is 11.6. The summed E-state index contributed by atoms with van der Waals surface area (Å²) in [5.41, 5.74) is 1.02. The molecule has 1 fully saturated rings. The molecule has 3 rings (SSSR count). The Morgan fingerprint density at radius 2 is 1.83 bits per heavy atom. The molecule has 5 nitrogen and oxygen atoms in total. The third-order valence-corrected chi connectivity index (χ3v) is 4.39. The van der Waals surface area contributed by atoms with Gasteiger partial charge in [0, 0.05) is 36.8 Å². The van der Waals surface area contributed by atoms with E-state index in [4.69, 9.17) is 11.6 Å². The van der Waals surface area contributed by atoms with Gasteiger partial charge in [-0.05, 0) is 30.7 Å². The van der Waals surface area contributed by atoms with Gasteiger partial charge in [0.2, 0.25) is 0 Å². The average molecular weight is 349 g/mol. The summed E-state index contributed by atoms with van der Waals surface area (Å²) >= 11 is 5.85. The summed E-state index contributed by atoms with van der Waals surface area (Å²) in [6, 6.07) is 6.84. The van der Waals surface area contributed by atoms with Crippen LogP contribution in [0, 0.1) is 5.82 Å². The van der Waals surface area contributed by atoms with Crippen LogP contribution >= 0.6 is 11.6 Å². The van der Waals surface area contributed by atoms with E-state index in [0.29, 0.717) is 54.7 Å². The molecule has 0 radical (unpaired) electrons. The monoisotopic (exact) mass is 348 g/mol. The van der Waals surface area contributed by atoms with Crippen molar-refractivity contribution in [2.24, 2.45) is 0 Å². The molecule has 1 saturated heterocycles. The van der Waals surface area contributed by atoms with Gasteiger partial charge in [0.1, 0.15) is 6.33 Å². The van der Waals surface area contributed by atoms with Crippen LogP contribution in [-0.2, 0) is 6.42 Å². The summed E-state index contributed by atoms with van der Waals surface area (Å²) in [6.45, 7) is 3.98. The number of halogens is 2. The van der Waals surface area contributed by atoms with Crippen LogP contribution in [-0.4, -0.2) is 47.0 Å². The quantitative estimate of drug-likeness (QED) is 0.855. The molecule has 1 amide bonds. The van der Waals surface area contributed by atoms with E-state index in [1.807, 2.05) is 11.8 Å². The number of amides is 1. The Bertz CT molecular complexity index is 730. The largest absolute Gasteiger partial charge is 0.351 e. The van der Waals surface area contributed by atoms with Crippen molar-refractivity contribution in [1.82, 2.24) is 14.9 Å². The van der Waals surface area contributed by atoms with Gasteiger partial charge in [-0.15, -0.1) is 0 Å². The van der Waals surface area contributed by atoms with E-state index in [2.05, 4.69) is 9.97 Å². The molecule has 0 bridgehead atoms. The number of rotatable bonds is 3. The zero-order valence-electron chi connectivity index (χ0n) is 13.4. The fourth-order valence-electron chi connectivity index (χ4n) is 2.76. The molecule has 7 heteroatoms. The van der Waals surface area contributed by atoms with Crippen molar-refractivity contribution < 1.29 is 9.18 Å². The van der Waals surface area contributed by atoms with E-state index < -0.39 is 0 Å². The Morgan fingerprint density at radius 3 is 2.46 bits per heavy atom. The van der Waals surface area contributed by atoms with Crippen molar-refractivity contribution in [1.29, 1.82) is 0 Å². The first-order valence-corrected chi connectivity index (χ1v) is 8.27. The number of aromatic nitrogens is 2. The lowest BCUT2D eigenvalue weighted by atomic mass is 10.2. The minimum Gasteiger partial charge on any atom is -0.351 e. The van der Waals surface area contributed by atoms with Crippen LogP contribution in [0.5, 0.6) is 0 Å². The molecule has 0 N–H and O–H groups in total. The van der Waals surface area contributed by atoms with Crippen LogP contribution in [0.1, 0.15) is 23.0 Å². The SMILES string of the molecule is CCc1ncnc(N2CCN(C(=O)c3ccc(Cl)cc3)CC2)c1F. The summed E-state index contributed by atoms with van der Waals surface area (Å²) in [7, 11) is 0. The first kappa shape index (κ1) is 16.6. The molecule has 0 saturated carbocycles. The second-order valence-electron chi connectivity index (χ2n) is 5.60. The second kappa shape index (κ2) is 7.13. The fraction of sp³-hybridized carbons (Fsp3) is 0.353. The van der Waals surface area contributed by atoms with Gasteiger partial charge < -0.3 is 9.80 Å². The van der Waals surface area contributed by atoms with Gasteiger partial charge in [-0.1, -0.05) is 18.5 Å². The van der Waals surface area contributed by atoms with Gasteiger partial charge in [-0.3, -0.25) is 4.79 Å². The number of piperazine rings is 1. The van der Waals surface area contributed by atoms with E-state index in [0.717, 1.165) is 0 Å². The Kier molecular flexibility index (Phi) is 4.94. The molecule has 1 aromatic heterocycles. The Labute approximate surface area is 145 Å². The number of anilines is 1. The highest BCUT2D eigenvalue weighted by Crippen LogP contribution is 2.20. The third-order valence-electron chi connectivity index (χ3n) is 4.14. The summed E-state index contributed by atoms with van der Waals surface area (Å²) in [5.74, 6) is -0.0818. The van der Waals surface area contributed by atoms with Gasteiger partial charge >= 0.3 is 0 Å². The maximum atomic E-state index is 14.4. The molecule has 24 heavy (non-hydrogen) atoms. The average Bonchev–Trinajstić information content (AvgIpc) is 2.62. The van der Waals surface area contributed by atoms with Crippen LogP contribution in [0.4, 0.5) is 10.2 Å². The topological polar surface area (TPSA) is 49.3 Å². The van der Waals surface area contributed by atoms with Crippen LogP contribution in [0.3, 0.4) is 0 Å². The van der Waals surface area contributed by atoms with Crippen molar-refractivity contribution in [2.75, 3.05) is 31.1 Å². The van der Waals surface area contributed by atoms with E-state index >= 15 is 0 Å². The molecular formula is C17H18ClFN4O. The van der Waals surface area contributed by atoms with E-state index in [-0.39, 0.29) is 11.7 Å². The van der Waals surface area contributed by atoms with Crippen LogP contribution in [0.15, 0.2) is 30.6 Å². The molecule has 0 atom stereocenters. The van der Waals surface area contributed by atoms with Crippen LogP contribution in [0.2, 0.25) is 5.02 Å². The highest BCUT2D eigenvalue weighted by molar-refractivity contribution is 6.30. The molecule has 2 aromatic rings. The molecule has 1 aliphatic heterocycles. The second-order valence-corrected chi connectivity index (χ2v) is 6.03. The first-order valence-electron chi connectivity index (χ1n) is 7.89. The van der Waals surface area contributed by atoms with Crippen molar-refractivity contribution >= 4 is 23.3 Å².